The highest BCUT2D eigenvalue weighted by Crippen LogP contribution is 2.37. The maximum atomic E-state index is 4.15. The van der Waals surface area contributed by atoms with Crippen molar-refractivity contribution >= 4 is 32.4 Å². The van der Waals surface area contributed by atoms with Crippen LogP contribution in [0.2, 0.25) is 0 Å². The Kier molecular flexibility index (Phi) is 3.51. The van der Waals surface area contributed by atoms with E-state index in [1.54, 1.807) is 11.3 Å². The maximum Gasteiger partial charge on any atom is 0.208 e. The van der Waals surface area contributed by atoms with E-state index in [0.29, 0.717) is 5.54 Å². The maximum absolute atomic E-state index is 4.15. The summed E-state index contributed by atoms with van der Waals surface area (Å²) in [4.78, 5) is 4.56. The second-order valence-corrected chi connectivity index (χ2v) is 6.90. The molecule has 1 saturated carbocycles. The van der Waals surface area contributed by atoms with Crippen molar-refractivity contribution in [1.29, 1.82) is 0 Å². The molecule has 2 rings (SSSR count). The molecule has 16 heavy (non-hydrogen) atoms. The minimum absolute atomic E-state index is 0.340. The Bertz CT molecular complexity index is 361. The molecule has 0 unspecified atom stereocenters. The van der Waals surface area contributed by atoms with Gasteiger partial charge in [0.15, 0.2) is 3.92 Å². The predicted octanol–water partition coefficient (Wildman–Crippen LogP) is 2.22. The van der Waals surface area contributed by atoms with Crippen LogP contribution in [-0.4, -0.2) is 48.3 Å². The highest BCUT2D eigenvalue weighted by atomic mass is 79.9. The number of hydrogen-bond donors (Lipinski definition) is 0. The Balaban J connectivity index is 2.04. The molecule has 90 valence electrons. The zero-order chi connectivity index (χ0) is 11.8. The van der Waals surface area contributed by atoms with Gasteiger partial charge < -0.3 is 9.80 Å². The summed E-state index contributed by atoms with van der Waals surface area (Å²) in [6, 6.07) is 0. The first-order valence-corrected chi connectivity index (χ1v) is 7.02. The molecule has 1 heterocycles. The van der Waals surface area contributed by atoms with Gasteiger partial charge in [0.25, 0.3) is 0 Å². The highest BCUT2D eigenvalue weighted by molar-refractivity contribution is 9.11. The van der Waals surface area contributed by atoms with Gasteiger partial charge in [-0.1, -0.05) is 11.3 Å². The highest BCUT2D eigenvalue weighted by Gasteiger charge is 2.40. The van der Waals surface area contributed by atoms with E-state index in [0.717, 1.165) is 15.6 Å². The number of likely N-dealkylation sites (N-methyl/N-ethyl adjacent to an activating group) is 2. The van der Waals surface area contributed by atoms with Crippen LogP contribution >= 0.6 is 27.3 Å². The Morgan fingerprint density at radius 1 is 1.31 bits per heavy atom. The van der Waals surface area contributed by atoms with Crippen LogP contribution in [0.3, 0.4) is 0 Å². The summed E-state index contributed by atoms with van der Waals surface area (Å²) in [6.45, 7) is 1.03. The van der Waals surface area contributed by atoms with Crippen molar-refractivity contribution in [1.82, 2.24) is 15.1 Å². The molecule has 0 atom stereocenters. The quantitative estimate of drug-likeness (QED) is 0.854. The number of rotatable bonds is 4. The molecule has 0 spiro atoms. The molecule has 4 nitrogen and oxygen atoms in total. The third-order valence-electron chi connectivity index (χ3n) is 3.48. The minimum atomic E-state index is 0.340. The summed E-state index contributed by atoms with van der Waals surface area (Å²) in [5.41, 5.74) is 0.340. The summed E-state index contributed by atoms with van der Waals surface area (Å²) < 4.78 is 0.849. The van der Waals surface area contributed by atoms with Gasteiger partial charge in [0.2, 0.25) is 5.13 Å². The molecule has 0 amide bonds. The van der Waals surface area contributed by atoms with E-state index >= 15 is 0 Å². The second kappa shape index (κ2) is 4.58. The van der Waals surface area contributed by atoms with Crippen LogP contribution in [0.15, 0.2) is 3.92 Å². The molecule has 1 aliphatic carbocycles. The lowest BCUT2D eigenvalue weighted by Crippen LogP contribution is -2.56. The van der Waals surface area contributed by atoms with Crippen LogP contribution in [0, 0.1) is 0 Å². The fraction of sp³-hybridized carbons (Fsp3) is 0.800. The monoisotopic (exact) mass is 304 g/mol. The molecular formula is C10H17BrN4S. The van der Waals surface area contributed by atoms with Crippen molar-refractivity contribution in [3.8, 4) is 0 Å². The van der Waals surface area contributed by atoms with Crippen molar-refractivity contribution in [2.24, 2.45) is 0 Å². The van der Waals surface area contributed by atoms with Crippen molar-refractivity contribution in [2.75, 3.05) is 32.6 Å². The molecule has 0 aromatic carbocycles. The lowest BCUT2D eigenvalue weighted by molar-refractivity contribution is 0.0683. The molecule has 6 heteroatoms. The summed E-state index contributed by atoms with van der Waals surface area (Å²) >= 11 is 4.93. The van der Waals surface area contributed by atoms with E-state index in [1.165, 1.54) is 19.3 Å². The van der Waals surface area contributed by atoms with Gasteiger partial charge in [-0.3, -0.25) is 0 Å². The molecule has 1 aromatic heterocycles. The van der Waals surface area contributed by atoms with Gasteiger partial charge in [-0.05, 0) is 49.3 Å². The first kappa shape index (κ1) is 12.3. The fourth-order valence-electron chi connectivity index (χ4n) is 2.19. The van der Waals surface area contributed by atoms with Crippen LogP contribution < -0.4 is 4.90 Å². The van der Waals surface area contributed by atoms with E-state index in [-0.39, 0.29) is 0 Å². The van der Waals surface area contributed by atoms with Crippen LogP contribution in [0.4, 0.5) is 5.13 Å². The van der Waals surface area contributed by atoms with Gasteiger partial charge in [-0.25, -0.2) is 0 Å². The first-order chi connectivity index (χ1) is 7.53. The van der Waals surface area contributed by atoms with Gasteiger partial charge in [0.1, 0.15) is 0 Å². The molecule has 1 fully saturated rings. The predicted molar refractivity (Wildman–Crippen MR) is 71.1 cm³/mol. The third-order valence-corrected chi connectivity index (χ3v) is 4.95. The molecule has 0 aliphatic heterocycles. The molecule has 1 aliphatic rings. The number of aromatic nitrogens is 2. The van der Waals surface area contributed by atoms with Gasteiger partial charge >= 0.3 is 0 Å². The molecule has 0 saturated heterocycles. The topological polar surface area (TPSA) is 32.3 Å². The molecule has 1 aromatic rings. The van der Waals surface area contributed by atoms with Crippen molar-refractivity contribution < 1.29 is 0 Å². The normalized spacial score (nSPS) is 18.6. The number of nitrogens with zero attached hydrogens (tertiary/aromatic N) is 4. The SMILES string of the molecule is CN(CC1(N(C)C)CCC1)c1nnc(Br)s1. The van der Waals surface area contributed by atoms with E-state index < -0.39 is 0 Å². The Hall–Kier alpha value is -0.200. The average Bonchev–Trinajstić information content (AvgIpc) is 2.57. The van der Waals surface area contributed by atoms with E-state index in [9.17, 15) is 0 Å². The Morgan fingerprint density at radius 3 is 2.38 bits per heavy atom. The van der Waals surface area contributed by atoms with E-state index in [2.05, 4.69) is 57.1 Å². The zero-order valence-electron chi connectivity index (χ0n) is 9.90. The van der Waals surface area contributed by atoms with Crippen LogP contribution in [-0.2, 0) is 0 Å². The summed E-state index contributed by atoms with van der Waals surface area (Å²) in [5, 5.41) is 9.12. The lowest BCUT2D eigenvalue weighted by Gasteiger charge is -2.49. The van der Waals surface area contributed by atoms with E-state index in [1.807, 2.05) is 0 Å². The van der Waals surface area contributed by atoms with Crippen molar-refractivity contribution in [3.63, 3.8) is 0 Å². The van der Waals surface area contributed by atoms with Crippen molar-refractivity contribution in [3.05, 3.63) is 3.92 Å². The van der Waals surface area contributed by atoms with Crippen LogP contribution in [0.5, 0.6) is 0 Å². The fourth-order valence-corrected chi connectivity index (χ4v) is 3.24. The first-order valence-electron chi connectivity index (χ1n) is 5.41. The molecular weight excluding hydrogens is 288 g/mol. The Labute approximate surface area is 109 Å². The summed E-state index contributed by atoms with van der Waals surface area (Å²) in [7, 11) is 6.43. The lowest BCUT2D eigenvalue weighted by atomic mass is 9.75. The van der Waals surface area contributed by atoms with E-state index in [4.69, 9.17) is 0 Å². The largest absolute Gasteiger partial charge is 0.348 e. The zero-order valence-corrected chi connectivity index (χ0v) is 12.3. The smallest absolute Gasteiger partial charge is 0.208 e. The number of anilines is 1. The molecule has 0 N–H and O–H groups in total. The van der Waals surface area contributed by atoms with Crippen LogP contribution in [0.1, 0.15) is 19.3 Å². The molecule has 0 radical (unpaired) electrons. The Morgan fingerprint density at radius 2 is 2.00 bits per heavy atom. The van der Waals surface area contributed by atoms with Gasteiger partial charge in [-0.2, -0.15) is 0 Å². The molecule has 0 bridgehead atoms. The minimum Gasteiger partial charge on any atom is -0.348 e. The number of hydrogen-bond acceptors (Lipinski definition) is 5. The summed E-state index contributed by atoms with van der Waals surface area (Å²) in [5.74, 6) is 0. The standard InChI is InChI=1S/C10H17BrN4S/c1-14(2)10(5-4-6-10)7-15(3)9-13-12-8(11)16-9/h4-7H2,1-3H3. The third kappa shape index (κ3) is 2.24. The average molecular weight is 305 g/mol. The van der Waals surface area contributed by atoms with Gasteiger partial charge in [0.05, 0.1) is 0 Å². The number of halogens is 1. The summed E-state index contributed by atoms with van der Waals surface area (Å²) in [6.07, 6.45) is 3.90. The van der Waals surface area contributed by atoms with Gasteiger partial charge in [-0.15, -0.1) is 10.2 Å². The van der Waals surface area contributed by atoms with Gasteiger partial charge in [0, 0.05) is 19.1 Å². The second-order valence-electron chi connectivity index (χ2n) is 4.67. The van der Waals surface area contributed by atoms with Crippen molar-refractivity contribution in [2.45, 2.75) is 24.8 Å². The van der Waals surface area contributed by atoms with Crippen LogP contribution in [0.25, 0.3) is 0 Å².